The van der Waals surface area contributed by atoms with Crippen molar-refractivity contribution in [3.63, 3.8) is 0 Å². The van der Waals surface area contributed by atoms with Crippen molar-refractivity contribution in [3.05, 3.63) is 57.8 Å². The number of rotatable bonds is 6. The van der Waals surface area contributed by atoms with E-state index in [1.54, 1.807) is 0 Å². The number of furan rings is 1. The molecule has 0 saturated heterocycles. The number of nitro groups is 1. The van der Waals surface area contributed by atoms with Gasteiger partial charge < -0.3 is 9.73 Å². The summed E-state index contributed by atoms with van der Waals surface area (Å²) in [7, 11) is 0. The molecule has 0 saturated carbocycles. The van der Waals surface area contributed by atoms with Gasteiger partial charge in [0.15, 0.2) is 5.76 Å². The molecule has 0 bridgehead atoms. The number of amides is 1. The molecule has 0 atom stereocenters. The molecular formula is C14H14N4O4. The first-order valence-electron chi connectivity index (χ1n) is 6.42. The lowest BCUT2D eigenvalue weighted by molar-refractivity contribution is -0.402. The first-order valence-corrected chi connectivity index (χ1v) is 6.42. The van der Waals surface area contributed by atoms with Crippen molar-refractivity contribution >= 4 is 23.7 Å². The van der Waals surface area contributed by atoms with E-state index >= 15 is 0 Å². The maximum atomic E-state index is 11.6. The largest absolute Gasteiger partial charge is 0.433 e. The lowest BCUT2D eigenvalue weighted by Gasteiger charge is -2.07. The molecule has 2 N–H and O–H groups in total. The molecule has 0 fully saturated rings. The summed E-state index contributed by atoms with van der Waals surface area (Å²) in [5, 5.41) is 17.1. The Kier molecular flexibility index (Phi) is 4.86. The summed E-state index contributed by atoms with van der Waals surface area (Å²) in [6.07, 6.45) is 1.19. The SMILES string of the molecule is Cc1ccccc1NCC(=O)N/N=C\c1ccc([N+](=O)[O-])o1. The maximum Gasteiger partial charge on any atom is 0.433 e. The number of aryl methyl sites for hydroxylation is 1. The number of carbonyl (C=O) groups is 1. The minimum absolute atomic E-state index is 0.0560. The zero-order valence-corrected chi connectivity index (χ0v) is 11.8. The van der Waals surface area contributed by atoms with Crippen LogP contribution in [0.4, 0.5) is 11.6 Å². The van der Waals surface area contributed by atoms with E-state index in [0.29, 0.717) is 0 Å². The fourth-order valence-corrected chi connectivity index (χ4v) is 1.66. The van der Waals surface area contributed by atoms with Crippen molar-refractivity contribution in [1.29, 1.82) is 0 Å². The highest BCUT2D eigenvalue weighted by Crippen LogP contribution is 2.14. The van der Waals surface area contributed by atoms with Gasteiger partial charge in [0, 0.05) is 5.69 Å². The summed E-state index contributed by atoms with van der Waals surface area (Å²) < 4.78 is 4.86. The number of nitrogens with zero attached hydrogens (tertiary/aromatic N) is 2. The van der Waals surface area contributed by atoms with E-state index in [4.69, 9.17) is 4.42 Å². The van der Waals surface area contributed by atoms with E-state index in [9.17, 15) is 14.9 Å². The van der Waals surface area contributed by atoms with Crippen molar-refractivity contribution in [2.75, 3.05) is 11.9 Å². The Hall–Kier alpha value is -3.16. The molecule has 0 aliphatic rings. The molecule has 8 heteroatoms. The van der Waals surface area contributed by atoms with Crippen molar-refractivity contribution in [3.8, 4) is 0 Å². The number of hydrazone groups is 1. The Morgan fingerprint density at radius 3 is 2.82 bits per heavy atom. The van der Waals surface area contributed by atoms with Gasteiger partial charge in [0.05, 0.1) is 18.8 Å². The molecule has 0 radical (unpaired) electrons. The Bertz CT molecular complexity index is 708. The predicted octanol–water partition coefficient (Wildman–Crippen LogP) is 2.06. The second kappa shape index (κ2) is 7.02. The Balaban J connectivity index is 1.81. The molecule has 114 valence electrons. The van der Waals surface area contributed by atoms with Crippen LogP contribution in [-0.2, 0) is 4.79 Å². The molecule has 1 aromatic carbocycles. The van der Waals surface area contributed by atoms with Crippen LogP contribution >= 0.6 is 0 Å². The number of anilines is 1. The number of benzene rings is 1. The van der Waals surface area contributed by atoms with Gasteiger partial charge in [0.2, 0.25) is 0 Å². The van der Waals surface area contributed by atoms with Gasteiger partial charge in [-0.15, -0.1) is 0 Å². The molecule has 8 nitrogen and oxygen atoms in total. The third-order valence-electron chi connectivity index (χ3n) is 2.76. The van der Waals surface area contributed by atoms with Crippen LogP contribution in [0.1, 0.15) is 11.3 Å². The number of hydrogen-bond acceptors (Lipinski definition) is 6. The van der Waals surface area contributed by atoms with Crippen molar-refractivity contribution in [1.82, 2.24) is 5.43 Å². The van der Waals surface area contributed by atoms with Crippen molar-refractivity contribution in [2.24, 2.45) is 5.10 Å². The summed E-state index contributed by atoms with van der Waals surface area (Å²) in [6.45, 7) is 1.99. The fraction of sp³-hybridized carbons (Fsp3) is 0.143. The minimum Gasteiger partial charge on any atom is -0.400 e. The first kappa shape index (κ1) is 15.2. The smallest absolute Gasteiger partial charge is 0.400 e. The van der Waals surface area contributed by atoms with Gasteiger partial charge in [-0.2, -0.15) is 5.10 Å². The molecule has 0 aliphatic heterocycles. The molecule has 0 spiro atoms. The average Bonchev–Trinajstić information content (AvgIpc) is 2.95. The molecule has 2 aromatic rings. The van der Waals surface area contributed by atoms with Crippen LogP contribution in [-0.4, -0.2) is 23.6 Å². The van der Waals surface area contributed by atoms with E-state index in [-0.39, 0.29) is 24.1 Å². The topological polar surface area (TPSA) is 110 Å². The molecule has 0 unspecified atom stereocenters. The summed E-state index contributed by atoms with van der Waals surface area (Å²) in [5.41, 5.74) is 4.19. The van der Waals surface area contributed by atoms with Crippen molar-refractivity contribution in [2.45, 2.75) is 6.92 Å². The van der Waals surface area contributed by atoms with Gasteiger partial charge in [-0.05, 0) is 24.6 Å². The Morgan fingerprint density at radius 1 is 1.36 bits per heavy atom. The van der Waals surface area contributed by atoms with Gasteiger partial charge in [0.1, 0.15) is 4.92 Å². The van der Waals surface area contributed by atoms with E-state index in [1.807, 2.05) is 31.2 Å². The Labute approximate surface area is 126 Å². The number of nitrogens with one attached hydrogen (secondary N) is 2. The molecule has 2 rings (SSSR count). The third kappa shape index (κ3) is 4.17. The van der Waals surface area contributed by atoms with E-state index in [2.05, 4.69) is 15.8 Å². The normalized spacial score (nSPS) is 10.6. The zero-order chi connectivity index (χ0) is 15.9. The molecular weight excluding hydrogens is 288 g/mol. The standard InChI is InChI=1S/C14H14N4O4/c1-10-4-2-3-5-12(10)15-9-13(19)17-16-8-11-6-7-14(22-11)18(20)21/h2-8,15H,9H2,1H3,(H,17,19)/b16-8-. The molecule has 0 aliphatic carbocycles. The van der Waals surface area contributed by atoms with Crippen LogP contribution < -0.4 is 10.7 Å². The van der Waals surface area contributed by atoms with Crippen LogP contribution in [0.2, 0.25) is 0 Å². The maximum absolute atomic E-state index is 11.6. The van der Waals surface area contributed by atoms with E-state index in [1.165, 1.54) is 18.3 Å². The second-order valence-electron chi connectivity index (χ2n) is 4.39. The highest BCUT2D eigenvalue weighted by Gasteiger charge is 2.10. The van der Waals surface area contributed by atoms with Gasteiger partial charge in [-0.25, -0.2) is 5.43 Å². The number of para-hydroxylation sites is 1. The highest BCUT2D eigenvalue weighted by molar-refractivity contribution is 5.83. The molecule has 22 heavy (non-hydrogen) atoms. The molecule has 1 heterocycles. The first-order chi connectivity index (χ1) is 10.6. The molecule has 1 aromatic heterocycles. The van der Waals surface area contributed by atoms with Crippen molar-refractivity contribution < 1.29 is 14.1 Å². The lowest BCUT2D eigenvalue weighted by Crippen LogP contribution is -2.26. The van der Waals surface area contributed by atoms with E-state index < -0.39 is 4.92 Å². The number of carbonyl (C=O) groups excluding carboxylic acids is 1. The lowest BCUT2D eigenvalue weighted by atomic mass is 10.2. The van der Waals surface area contributed by atoms with Gasteiger partial charge in [-0.3, -0.25) is 14.9 Å². The third-order valence-corrected chi connectivity index (χ3v) is 2.76. The quantitative estimate of drug-likeness (QED) is 0.482. The summed E-state index contributed by atoms with van der Waals surface area (Å²) in [4.78, 5) is 21.4. The predicted molar refractivity (Wildman–Crippen MR) is 80.8 cm³/mol. The number of hydrogen-bond donors (Lipinski definition) is 2. The zero-order valence-electron chi connectivity index (χ0n) is 11.8. The fourth-order valence-electron chi connectivity index (χ4n) is 1.66. The second-order valence-corrected chi connectivity index (χ2v) is 4.39. The summed E-state index contributed by atoms with van der Waals surface area (Å²) in [5.74, 6) is -0.548. The van der Waals surface area contributed by atoms with Gasteiger partial charge >= 0.3 is 5.88 Å². The van der Waals surface area contributed by atoms with Crippen LogP contribution in [0.5, 0.6) is 0 Å². The van der Waals surface area contributed by atoms with Crippen LogP contribution in [0.15, 0.2) is 45.9 Å². The van der Waals surface area contributed by atoms with Crippen LogP contribution in [0, 0.1) is 17.0 Å². The summed E-state index contributed by atoms with van der Waals surface area (Å²) in [6, 6.07) is 10.2. The highest BCUT2D eigenvalue weighted by atomic mass is 16.6. The molecule has 1 amide bonds. The van der Waals surface area contributed by atoms with Crippen LogP contribution in [0.25, 0.3) is 0 Å². The average molecular weight is 302 g/mol. The summed E-state index contributed by atoms with van der Waals surface area (Å²) >= 11 is 0. The van der Waals surface area contributed by atoms with Crippen LogP contribution in [0.3, 0.4) is 0 Å². The Morgan fingerprint density at radius 2 is 2.14 bits per heavy atom. The van der Waals surface area contributed by atoms with Gasteiger partial charge in [-0.1, -0.05) is 18.2 Å². The minimum atomic E-state index is -0.651. The monoisotopic (exact) mass is 302 g/mol. The van der Waals surface area contributed by atoms with E-state index in [0.717, 1.165) is 11.3 Å². The van der Waals surface area contributed by atoms with Gasteiger partial charge in [0.25, 0.3) is 5.91 Å².